The predicted octanol–water partition coefficient (Wildman–Crippen LogP) is 0.679. The first-order valence-electron chi connectivity index (χ1n) is 6.14. The molecule has 0 spiro atoms. The summed E-state index contributed by atoms with van der Waals surface area (Å²) in [5, 5.41) is 3.36. The van der Waals surface area contributed by atoms with Crippen LogP contribution in [0, 0.1) is 0 Å². The van der Waals surface area contributed by atoms with Gasteiger partial charge in [-0.2, -0.15) is 4.57 Å². The van der Waals surface area contributed by atoms with E-state index in [1.54, 1.807) is 11.3 Å². The summed E-state index contributed by atoms with van der Waals surface area (Å²) in [6.07, 6.45) is 6.19. The van der Waals surface area contributed by atoms with Gasteiger partial charge in [0.25, 0.3) is 0 Å². The van der Waals surface area contributed by atoms with Crippen LogP contribution < -0.4 is 13.8 Å². The van der Waals surface area contributed by atoms with Gasteiger partial charge < -0.3 is 0 Å². The van der Waals surface area contributed by atoms with Crippen LogP contribution in [-0.2, 0) is 21.1 Å². The van der Waals surface area contributed by atoms with Crippen molar-refractivity contribution in [3.63, 3.8) is 0 Å². The van der Waals surface area contributed by atoms with Crippen molar-refractivity contribution in [1.82, 2.24) is 4.68 Å². The van der Waals surface area contributed by atoms with Crippen molar-refractivity contribution in [3.8, 4) is 16.5 Å². The number of nitrogens with zero attached hydrogens (tertiary/aromatic N) is 4. The highest BCUT2D eigenvalue weighted by molar-refractivity contribution is 7.12. The molecule has 0 aliphatic carbocycles. The number of thiazole rings is 1. The molecule has 3 aromatic heterocycles. The van der Waals surface area contributed by atoms with Gasteiger partial charge in [0, 0.05) is 10.7 Å². The molecule has 3 aromatic rings. The van der Waals surface area contributed by atoms with Gasteiger partial charge in [0.15, 0.2) is 19.4 Å². The third kappa shape index (κ3) is 1.96. The molecule has 3 heterocycles. The first-order chi connectivity index (χ1) is 9.18. The van der Waals surface area contributed by atoms with Crippen molar-refractivity contribution in [2.75, 3.05) is 0 Å². The van der Waals surface area contributed by atoms with E-state index >= 15 is 0 Å². The second-order valence-corrected chi connectivity index (χ2v) is 5.45. The van der Waals surface area contributed by atoms with Gasteiger partial charge in [-0.15, -0.1) is 0 Å². The minimum absolute atomic E-state index is 1.14. The zero-order valence-electron chi connectivity index (χ0n) is 11.3. The standard InChI is InChI=1S/C14H17N4S/c1-15-10-11-19-14(15)12-6-4-7-13(17(12)3)18-9-5-8-16(18)2/h4-11H,1-3H3/q+3. The third-order valence-electron chi connectivity index (χ3n) is 3.31. The molecule has 0 fully saturated rings. The average Bonchev–Trinajstić information content (AvgIpc) is 2.99. The fraction of sp³-hybridized carbons (Fsp3) is 0.214. The number of aromatic nitrogens is 4. The van der Waals surface area contributed by atoms with E-state index in [2.05, 4.69) is 68.6 Å². The molecule has 0 saturated heterocycles. The van der Waals surface area contributed by atoms with Gasteiger partial charge in [-0.3, -0.25) is 0 Å². The summed E-state index contributed by atoms with van der Waals surface area (Å²) in [6, 6.07) is 8.41. The molecule has 3 rings (SSSR count). The third-order valence-corrected chi connectivity index (χ3v) is 4.29. The first-order valence-corrected chi connectivity index (χ1v) is 7.02. The largest absolute Gasteiger partial charge is 0.342 e. The van der Waals surface area contributed by atoms with Crippen molar-refractivity contribution in [2.45, 2.75) is 0 Å². The fourth-order valence-electron chi connectivity index (χ4n) is 2.25. The maximum Gasteiger partial charge on any atom is 0.342 e. The SMILES string of the molecule is C[n+]1ccsc1-c1cccc(-n2ccc[n+]2C)[n+]1C. The second-order valence-electron chi connectivity index (χ2n) is 4.56. The Bertz CT molecular complexity index is 668. The summed E-state index contributed by atoms with van der Waals surface area (Å²) in [6.45, 7) is 0. The average molecular weight is 273 g/mol. The van der Waals surface area contributed by atoms with Crippen LogP contribution in [0.1, 0.15) is 0 Å². The molecule has 0 saturated carbocycles. The van der Waals surface area contributed by atoms with Crippen molar-refractivity contribution >= 4 is 11.3 Å². The number of rotatable bonds is 2. The summed E-state index contributed by atoms with van der Waals surface area (Å²) < 4.78 is 8.55. The molecule has 0 unspecified atom stereocenters. The van der Waals surface area contributed by atoms with E-state index in [9.17, 15) is 0 Å². The maximum atomic E-state index is 2.21. The van der Waals surface area contributed by atoms with E-state index in [0.29, 0.717) is 0 Å². The van der Waals surface area contributed by atoms with E-state index < -0.39 is 0 Å². The van der Waals surface area contributed by atoms with Gasteiger partial charge in [-0.1, -0.05) is 11.3 Å². The maximum absolute atomic E-state index is 2.21. The van der Waals surface area contributed by atoms with Crippen molar-refractivity contribution < 1.29 is 13.8 Å². The monoisotopic (exact) mass is 273 g/mol. The number of hydrogen-bond donors (Lipinski definition) is 0. The molecule has 0 aromatic carbocycles. The van der Waals surface area contributed by atoms with E-state index in [-0.39, 0.29) is 0 Å². The molecule has 4 nitrogen and oxygen atoms in total. The number of pyridine rings is 1. The molecule has 0 aliphatic heterocycles. The Morgan fingerprint density at radius 2 is 1.89 bits per heavy atom. The van der Waals surface area contributed by atoms with E-state index in [1.807, 2.05) is 19.3 Å². The molecule has 0 N–H and O–H groups in total. The molecular weight excluding hydrogens is 256 g/mol. The van der Waals surface area contributed by atoms with Crippen LogP contribution in [0.5, 0.6) is 0 Å². The van der Waals surface area contributed by atoms with Gasteiger partial charge in [0.1, 0.15) is 7.05 Å². The smallest absolute Gasteiger partial charge is 0.219 e. The molecule has 5 heteroatoms. The molecule has 19 heavy (non-hydrogen) atoms. The summed E-state index contributed by atoms with van der Waals surface area (Å²) in [4.78, 5) is 0. The minimum atomic E-state index is 1.14. The van der Waals surface area contributed by atoms with Crippen molar-refractivity contribution in [2.24, 2.45) is 21.1 Å². The Hall–Kier alpha value is -2.01. The summed E-state index contributed by atoms with van der Waals surface area (Å²) in [5.41, 5.74) is 1.21. The Balaban J connectivity index is 2.21. The normalized spacial score (nSPS) is 10.9. The van der Waals surface area contributed by atoms with Crippen molar-refractivity contribution in [3.05, 3.63) is 48.2 Å². The topological polar surface area (TPSA) is 16.6 Å². The van der Waals surface area contributed by atoms with Crippen molar-refractivity contribution in [1.29, 1.82) is 0 Å². The lowest BCUT2D eigenvalue weighted by Crippen LogP contribution is -2.46. The zero-order valence-corrected chi connectivity index (χ0v) is 12.1. The predicted molar refractivity (Wildman–Crippen MR) is 72.6 cm³/mol. The van der Waals surface area contributed by atoms with Gasteiger partial charge in [0.05, 0.1) is 18.5 Å². The summed E-state index contributed by atoms with van der Waals surface area (Å²) >= 11 is 1.75. The fourth-order valence-corrected chi connectivity index (χ4v) is 3.18. The Morgan fingerprint density at radius 3 is 2.53 bits per heavy atom. The van der Waals surface area contributed by atoms with Gasteiger partial charge >= 0.3 is 10.8 Å². The number of aryl methyl sites for hydroxylation is 2. The van der Waals surface area contributed by atoms with Crippen LogP contribution in [0.2, 0.25) is 0 Å². The van der Waals surface area contributed by atoms with Crippen LogP contribution in [0.3, 0.4) is 0 Å². The molecule has 0 radical (unpaired) electrons. The van der Waals surface area contributed by atoms with Gasteiger partial charge in [-0.25, -0.2) is 4.57 Å². The highest BCUT2D eigenvalue weighted by Gasteiger charge is 2.24. The molecule has 0 bridgehead atoms. The van der Waals surface area contributed by atoms with Gasteiger partial charge in [-0.05, 0) is 16.8 Å². The van der Waals surface area contributed by atoms with Gasteiger partial charge in [0.2, 0.25) is 11.9 Å². The van der Waals surface area contributed by atoms with Crippen LogP contribution in [0.25, 0.3) is 16.5 Å². The lowest BCUT2D eigenvalue weighted by Gasteiger charge is -2.02. The summed E-state index contributed by atoms with van der Waals surface area (Å²) in [5.74, 6) is 1.14. The highest BCUT2D eigenvalue weighted by atomic mass is 32.1. The first kappa shape index (κ1) is 12.0. The summed E-state index contributed by atoms with van der Waals surface area (Å²) in [7, 11) is 6.22. The molecule has 0 aliphatic rings. The quantitative estimate of drug-likeness (QED) is 0.611. The Morgan fingerprint density at radius 1 is 1.05 bits per heavy atom. The number of hydrogen-bond acceptors (Lipinski definition) is 1. The molecule has 96 valence electrons. The lowest BCUT2D eigenvalue weighted by molar-refractivity contribution is -0.764. The lowest BCUT2D eigenvalue weighted by atomic mass is 10.3. The minimum Gasteiger partial charge on any atom is -0.219 e. The zero-order chi connectivity index (χ0) is 13.4. The molecule has 0 amide bonds. The molecular formula is C14H17N4S+3. The van der Waals surface area contributed by atoms with Crippen LogP contribution in [0.15, 0.2) is 48.2 Å². The Labute approximate surface area is 116 Å². The van der Waals surface area contributed by atoms with Crippen LogP contribution >= 0.6 is 11.3 Å². The van der Waals surface area contributed by atoms with Crippen LogP contribution in [0.4, 0.5) is 0 Å². The van der Waals surface area contributed by atoms with E-state index in [4.69, 9.17) is 0 Å². The van der Waals surface area contributed by atoms with E-state index in [0.717, 1.165) is 5.82 Å². The van der Waals surface area contributed by atoms with E-state index in [1.165, 1.54) is 10.7 Å². The Kier molecular flexibility index (Phi) is 2.91. The van der Waals surface area contributed by atoms with Crippen LogP contribution in [-0.4, -0.2) is 4.68 Å². The highest BCUT2D eigenvalue weighted by Crippen LogP contribution is 2.16. The second kappa shape index (κ2) is 4.59. The molecule has 0 atom stereocenters.